The van der Waals surface area contributed by atoms with Crippen molar-refractivity contribution in [3.63, 3.8) is 0 Å². The lowest BCUT2D eigenvalue weighted by molar-refractivity contribution is 0.0696. The van der Waals surface area contributed by atoms with Gasteiger partial charge in [-0.2, -0.15) is 0 Å². The number of anilines is 2. The Kier molecular flexibility index (Phi) is 3.14. The maximum absolute atomic E-state index is 10.8. The van der Waals surface area contributed by atoms with Gasteiger partial charge in [0.15, 0.2) is 5.82 Å². The fourth-order valence-electron chi connectivity index (χ4n) is 1.79. The maximum atomic E-state index is 10.8. The number of carbonyl (C=O) groups is 1. The highest BCUT2D eigenvalue weighted by molar-refractivity contribution is 5.89. The summed E-state index contributed by atoms with van der Waals surface area (Å²) in [6.45, 7) is 0.493. The molecule has 0 radical (unpaired) electrons. The lowest BCUT2D eigenvalue weighted by Crippen LogP contribution is -2.30. The van der Waals surface area contributed by atoms with Gasteiger partial charge in [-0.15, -0.1) is 0 Å². The standard InChI is InChI=1S/C11H15N3O3/c12-9-5-7(11(16)17)6-13-10(9)14(3-4-15)8-1-2-8/h5-6,8,15H,1-4,12H2,(H,16,17). The summed E-state index contributed by atoms with van der Waals surface area (Å²) in [4.78, 5) is 16.8. The molecule has 1 saturated carbocycles. The van der Waals surface area contributed by atoms with Crippen molar-refractivity contribution < 1.29 is 15.0 Å². The molecule has 17 heavy (non-hydrogen) atoms. The van der Waals surface area contributed by atoms with Gasteiger partial charge in [0.05, 0.1) is 17.9 Å². The van der Waals surface area contributed by atoms with Gasteiger partial charge in [0, 0.05) is 18.8 Å². The quantitative estimate of drug-likeness (QED) is 0.682. The lowest BCUT2D eigenvalue weighted by atomic mass is 10.2. The van der Waals surface area contributed by atoms with E-state index in [1.807, 2.05) is 4.90 Å². The highest BCUT2D eigenvalue weighted by atomic mass is 16.4. The van der Waals surface area contributed by atoms with E-state index in [-0.39, 0.29) is 12.2 Å². The van der Waals surface area contributed by atoms with Crippen LogP contribution < -0.4 is 10.6 Å². The minimum Gasteiger partial charge on any atom is -0.478 e. The molecule has 0 bridgehead atoms. The molecule has 1 aliphatic carbocycles. The van der Waals surface area contributed by atoms with E-state index >= 15 is 0 Å². The minimum atomic E-state index is -1.05. The first kappa shape index (κ1) is 11.7. The largest absolute Gasteiger partial charge is 0.478 e. The average molecular weight is 237 g/mol. The third-order valence-electron chi connectivity index (χ3n) is 2.74. The molecule has 0 atom stereocenters. The van der Waals surface area contributed by atoms with E-state index in [0.717, 1.165) is 12.8 Å². The predicted molar refractivity (Wildman–Crippen MR) is 63.1 cm³/mol. The number of carboxylic acids is 1. The summed E-state index contributed by atoms with van der Waals surface area (Å²) in [5.74, 6) is -0.484. The molecular formula is C11H15N3O3. The van der Waals surface area contributed by atoms with E-state index in [1.54, 1.807) is 0 Å². The Morgan fingerprint density at radius 1 is 1.59 bits per heavy atom. The molecule has 1 aromatic heterocycles. The number of aliphatic hydroxyl groups is 1. The van der Waals surface area contributed by atoms with E-state index < -0.39 is 5.97 Å². The molecule has 2 rings (SSSR count). The van der Waals surface area contributed by atoms with Crippen molar-refractivity contribution >= 4 is 17.5 Å². The van der Waals surface area contributed by atoms with Crippen LogP contribution in [0.5, 0.6) is 0 Å². The summed E-state index contributed by atoms with van der Waals surface area (Å²) in [5, 5.41) is 17.8. The molecule has 1 aromatic rings. The van der Waals surface area contributed by atoms with Crippen LogP contribution in [0.15, 0.2) is 12.3 Å². The van der Waals surface area contributed by atoms with Crippen LogP contribution in [0, 0.1) is 0 Å². The van der Waals surface area contributed by atoms with Crippen LogP contribution in [-0.4, -0.2) is 40.4 Å². The fraction of sp³-hybridized carbons (Fsp3) is 0.455. The van der Waals surface area contributed by atoms with Crippen molar-refractivity contribution in [2.45, 2.75) is 18.9 Å². The van der Waals surface area contributed by atoms with Gasteiger partial charge < -0.3 is 20.8 Å². The highest BCUT2D eigenvalue weighted by Gasteiger charge is 2.30. The van der Waals surface area contributed by atoms with Crippen LogP contribution in [0.3, 0.4) is 0 Å². The summed E-state index contributed by atoms with van der Waals surface area (Å²) in [5.41, 5.74) is 6.22. The number of carboxylic acid groups (broad SMARTS) is 1. The van der Waals surface area contributed by atoms with E-state index in [4.69, 9.17) is 15.9 Å². The Morgan fingerprint density at radius 3 is 2.76 bits per heavy atom. The van der Waals surface area contributed by atoms with Crippen molar-refractivity contribution in [1.29, 1.82) is 0 Å². The summed E-state index contributed by atoms with van der Waals surface area (Å²) < 4.78 is 0. The molecule has 6 nitrogen and oxygen atoms in total. The molecule has 1 fully saturated rings. The van der Waals surface area contributed by atoms with Crippen LogP contribution in [0.2, 0.25) is 0 Å². The molecular weight excluding hydrogens is 222 g/mol. The number of pyridine rings is 1. The Balaban J connectivity index is 2.27. The number of aromatic nitrogens is 1. The molecule has 92 valence electrons. The number of aromatic carboxylic acids is 1. The Hall–Kier alpha value is -1.82. The molecule has 0 unspecified atom stereocenters. The van der Waals surface area contributed by atoms with E-state index in [0.29, 0.717) is 24.1 Å². The number of nitrogen functional groups attached to an aromatic ring is 1. The first-order chi connectivity index (χ1) is 8.13. The smallest absolute Gasteiger partial charge is 0.337 e. The molecule has 0 amide bonds. The van der Waals surface area contributed by atoms with Crippen LogP contribution in [0.4, 0.5) is 11.5 Å². The topological polar surface area (TPSA) is 99.7 Å². The minimum absolute atomic E-state index is 0.0261. The average Bonchev–Trinajstić information content (AvgIpc) is 3.10. The molecule has 0 spiro atoms. The molecule has 0 aromatic carbocycles. The van der Waals surface area contributed by atoms with Crippen molar-refractivity contribution in [2.75, 3.05) is 23.8 Å². The van der Waals surface area contributed by atoms with E-state index in [1.165, 1.54) is 12.3 Å². The van der Waals surface area contributed by atoms with Crippen LogP contribution >= 0.6 is 0 Å². The molecule has 1 aliphatic rings. The Bertz CT molecular complexity index is 432. The van der Waals surface area contributed by atoms with E-state index in [2.05, 4.69) is 4.98 Å². The van der Waals surface area contributed by atoms with Crippen LogP contribution in [0.1, 0.15) is 23.2 Å². The van der Waals surface area contributed by atoms with Gasteiger partial charge in [-0.1, -0.05) is 0 Å². The number of hydrogen-bond donors (Lipinski definition) is 3. The molecule has 0 saturated heterocycles. The number of hydrogen-bond acceptors (Lipinski definition) is 5. The summed E-state index contributed by atoms with van der Waals surface area (Å²) in [6, 6.07) is 1.77. The normalized spacial score (nSPS) is 14.6. The zero-order chi connectivity index (χ0) is 12.4. The number of nitrogens with zero attached hydrogens (tertiary/aromatic N) is 2. The summed E-state index contributed by atoms with van der Waals surface area (Å²) in [6.07, 6.45) is 3.41. The summed E-state index contributed by atoms with van der Waals surface area (Å²) >= 11 is 0. The predicted octanol–water partition coefficient (Wildman–Crippen LogP) is 0.323. The third kappa shape index (κ3) is 2.47. The fourth-order valence-corrected chi connectivity index (χ4v) is 1.79. The van der Waals surface area contributed by atoms with Crippen LogP contribution in [-0.2, 0) is 0 Å². The molecule has 6 heteroatoms. The molecule has 4 N–H and O–H groups in total. The second kappa shape index (κ2) is 4.58. The van der Waals surface area contributed by atoms with Gasteiger partial charge >= 0.3 is 5.97 Å². The van der Waals surface area contributed by atoms with Crippen molar-refractivity contribution in [3.05, 3.63) is 17.8 Å². The number of rotatable bonds is 5. The first-order valence-corrected chi connectivity index (χ1v) is 5.49. The zero-order valence-electron chi connectivity index (χ0n) is 9.33. The maximum Gasteiger partial charge on any atom is 0.337 e. The van der Waals surface area contributed by atoms with Crippen molar-refractivity contribution in [2.24, 2.45) is 0 Å². The monoisotopic (exact) mass is 237 g/mol. The van der Waals surface area contributed by atoms with Gasteiger partial charge in [-0.05, 0) is 18.9 Å². The van der Waals surface area contributed by atoms with Gasteiger partial charge in [0.2, 0.25) is 0 Å². The Labute approximate surface area is 98.7 Å². The highest BCUT2D eigenvalue weighted by Crippen LogP contribution is 2.33. The number of nitrogens with two attached hydrogens (primary N) is 1. The van der Waals surface area contributed by atoms with Gasteiger partial charge in [0.1, 0.15) is 0 Å². The second-order valence-corrected chi connectivity index (χ2v) is 4.09. The van der Waals surface area contributed by atoms with Gasteiger partial charge in [-0.25, -0.2) is 9.78 Å². The van der Waals surface area contributed by atoms with E-state index in [9.17, 15) is 4.79 Å². The van der Waals surface area contributed by atoms with Crippen LogP contribution in [0.25, 0.3) is 0 Å². The van der Waals surface area contributed by atoms with Crippen molar-refractivity contribution in [3.8, 4) is 0 Å². The summed E-state index contributed by atoms with van der Waals surface area (Å²) in [7, 11) is 0. The van der Waals surface area contributed by atoms with Crippen molar-refractivity contribution in [1.82, 2.24) is 4.98 Å². The Morgan fingerprint density at radius 2 is 2.29 bits per heavy atom. The third-order valence-corrected chi connectivity index (χ3v) is 2.74. The number of aliphatic hydroxyl groups excluding tert-OH is 1. The lowest BCUT2D eigenvalue weighted by Gasteiger charge is -2.23. The van der Waals surface area contributed by atoms with Gasteiger partial charge in [0.25, 0.3) is 0 Å². The first-order valence-electron chi connectivity index (χ1n) is 5.49. The second-order valence-electron chi connectivity index (χ2n) is 4.09. The SMILES string of the molecule is Nc1cc(C(=O)O)cnc1N(CCO)C1CC1. The molecule has 0 aliphatic heterocycles. The zero-order valence-corrected chi connectivity index (χ0v) is 9.33. The van der Waals surface area contributed by atoms with Gasteiger partial charge in [-0.3, -0.25) is 0 Å². The molecule has 1 heterocycles.